The number of pyridine rings is 1. The van der Waals surface area contributed by atoms with E-state index in [2.05, 4.69) is 34.6 Å². The Balaban J connectivity index is 1.78. The van der Waals surface area contributed by atoms with Crippen molar-refractivity contribution in [2.24, 2.45) is 0 Å². The summed E-state index contributed by atoms with van der Waals surface area (Å²) in [5.74, 6) is 0. The molecule has 0 radical (unpaired) electrons. The summed E-state index contributed by atoms with van der Waals surface area (Å²) in [5.41, 5.74) is 4.48. The first kappa shape index (κ1) is 14.1. The molecule has 3 rings (SSSR count). The number of nitrogens with zero attached hydrogens (tertiary/aromatic N) is 1. The van der Waals surface area contributed by atoms with E-state index in [1.54, 1.807) is 0 Å². The van der Waals surface area contributed by atoms with Crippen LogP contribution in [0.2, 0.25) is 5.02 Å². The van der Waals surface area contributed by atoms with Gasteiger partial charge in [-0.3, -0.25) is 4.98 Å². The molecule has 2 nitrogen and oxygen atoms in total. The first-order valence-corrected chi connectivity index (χ1v) is 7.41. The van der Waals surface area contributed by atoms with Crippen LogP contribution < -0.4 is 5.32 Å². The second-order valence-electron chi connectivity index (χ2n) is 5.13. The highest BCUT2D eigenvalue weighted by Gasteiger charge is 2.04. The SMILES string of the molecule is Cc1cc(CNCc2ccccc2Cl)c2ccccc2n1. The lowest BCUT2D eigenvalue weighted by Crippen LogP contribution is -2.13. The van der Waals surface area contributed by atoms with Crippen LogP contribution in [0.15, 0.2) is 54.6 Å². The van der Waals surface area contributed by atoms with Crippen LogP contribution in [0.1, 0.15) is 16.8 Å². The summed E-state index contributed by atoms with van der Waals surface area (Å²) in [6.45, 7) is 3.59. The van der Waals surface area contributed by atoms with Crippen LogP contribution in [0.25, 0.3) is 10.9 Å². The average Bonchev–Trinajstić information content (AvgIpc) is 2.49. The second-order valence-corrected chi connectivity index (χ2v) is 5.54. The van der Waals surface area contributed by atoms with E-state index in [4.69, 9.17) is 11.6 Å². The van der Waals surface area contributed by atoms with Crippen LogP contribution >= 0.6 is 11.6 Å². The molecule has 0 aliphatic rings. The van der Waals surface area contributed by atoms with Crippen molar-refractivity contribution in [3.05, 3.63) is 76.4 Å². The summed E-state index contributed by atoms with van der Waals surface area (Å²) >= 11 is 6.18. The predicted molar refractivity (Wildman–Crippen MR) is 88.5 cm³/mol. The molecule has 0 fully saturated rings. The minimum absolute atomic E-state index is 0.759. The number of halogens is 1. The van der Waals surface area contributed by atoms with Gasteiger partial charge in [0.1, 0.15) is 0 Å². The van der Waals surface area contributed by atoms with Gasteiger partial charge in [-0.2, -0.15) is 0 Å². The van der Waals surface area contributed by atoms with Crippen molar-refractivity contribution in [3.63, 3.8) is 0 Å². The molecule has 0 amide bonds. The van der Waals surface area contributed by atoms with E-state index in [-0.39, 0.29) is 0 Å². The van der Waals surface area contributed by atoms with Crippen molar-refractivity contribution < 1.29 is 0 Å². The molecule has 1 aromatic heterocycles. The molecule has 0 bridgehead atoms. The second kappa shape index (κ2) is 6.25. The van der Waals surface area contributed by atoms with Crippen LogP contribution in [0.5, 0.6) is 0 Å². The summed E-state index contributed by atoms with van der Waals surface area (Å²) in [7, 11) is 0. The maximum atomic E-state index is 6.18. The highest BCUT2D eigenvalue weighted by Crippen LogP contribution is 2.19. The average molecular weight is 297 g/mol. The smallest absolute Gasteiger partial charge is 0.0708 e. The fourth-order valence-corrected chi connectivity index (χ4v) is 2.72. The lowest BCUT2D eigenvalue weighted by Gasteiger charge is -2.10. The van der Waals surface area contributed by atoms with E-state index in [1.165, 1.54) is 10.9 Å². The van der Waals surface area contributed by atoms with Crippen LogP contribution in [-0.2, 0) is 13.1 Å². The lowest BCUT2D eigenvalue weighted by atomic mass is 10.1. The van der Waals surface area contributed by atoms with Gasteiger partial charge in [-0.1, -0.05) is 48.0 Å². The zero-order valence-corrected chi connectivity index (χ0v) is 12.7. The van der Waals surface area contributed by atoms with Gasteiger partial charge >= 0.3 is 0 Å². The normalized spacial score (nSPS) is 11.0. The molecule has 0 unspecified atom stereocenters. The maximum absolute atomic E-state index is 6.18. The van der Waals surface area contributed by atoms with Crippen molar-refractivity contribution in [2.75, 3.05) is 0 Å². The Labute approximate surface area is 129 Å². The molecular weight excluding hydrogens is 280 g/mol. The largest absolute Gasteiger partial charge is 0.309 e. The summed E-state index contributed by atoms with van der Waals surface area (Å²) in [4.78, 5) is 4.57. The Morgan fingerprint density at radius 2 is 1.67 bits per heavy atom. The van der Waals surface area contributed by atoms with Gasteiger partial charge in [0.15, 0.2) is 0 Å². The molecule has 21 heavy (non-hydrogen) atoms. The fourth-order valence-electron chi connectivity index (χ4n) is 2.51. The number of hydrogen-bond donors (Lipinski definition) is 1. The standard InChI is InChI=1S/C18H17ClN2/c1-13-10-15(16-7-3-5-9-18(16)21-13)12-20-11-14-6-2-4-8-17(14)19/h2-10,20H,11-12H2,1H3. The van der Waals surface area contributed by atoms with Crippen molar-refractivity contribution >= 4 is 22.5 Å². The highest BCUT2D eigenvalue weighted by atomic mass is 35.5. The molecule has 0 atom stereocenters. The zero-order chi connectivity index (χ0) is 14.7. The number of fused-ring (bicyclic) bond motifs is 1. The van der Waals surface area contributed by atoms with Crippen molar-refractivity contribution in [1.29, 1.82) is 0 Å². The minimum atomic E-state index is 0.759. The first-order chi connectivity index (χ1) is 10.2. The molecule has 106 valence electrons. The van der Waals surface area contributed by atoms with E-state index in [0.29, 0.717) is 0 Å². The van der Waals surface area contributed by atoms with Crippen molar-refractivity contribution in [2.45, 2.75) is 20.0 Å². The van der Waals surface area contributed by atoms with Gasteiger partial charge in [0.05, 0.1) is 5.52 Å². The van der Waals surface area contributed by atoms with Crippen molar-refractivity contribution in [3.8, 4) is 0 Å². The van der Waals surface area contributed by atoms with Gasteiger partial charge in [-0.15, -0.1) is 0 Å². The summed E-state index contributed by atoms with van der Waals surface area (Å²) < 4.78 is 0. The highest BCUT2D eigenvalue weighted by molar-refractivity contribution is 6.31. The third kappa shape index (κ3) is 3.23. The Morgan fingerprint density at radius 3 is 2.52 bits per heavy atom. The number of benzene rings is 2. The van der Waals surface area contributed by atoms with Crippen LogP contribution in [0.4, 0.5) is 0 Å². The molecule has 1 N–H and O–H groups in total. The number of hydrogen-bond acceptors (Lipinski definition) is 2. The molecule has 3 aromatic rings. The Morgan fingerprint density at radius 1 is 0.952 bits per heavy atom. The van der Waals surface area contributed by atoms with Crippen LogP contribution in [-0.4, -0.2) is 4.98 Å². The van der Waals surface area contributed by atoms with E-state index in [0.717, 1.165) is 34.9 Å². The zero-order valence-electron chi connectivity index (χ0n) is 11.9. The van der Waals surface area contributed by atoms with E-state index in [1.807, 2.05) is 37.3 Å². The number of para-hydroxylation sites is 1. The molecule has 0 aliphatic heterocycles. The third-order valence-corrected chi connectivity index (χ3v) is 3.89. The first-order valence-electron chi connectivity index (χ1n) is 7.03. The molecule has 2 aromatic carbocycles. The molecule has 0 spiro atoms. The summed E-state index contributed by atoms with van der Waals surface area (Å²) in [5, 5.41) is 5.48. The maximum Gasteiger partial charge on any atom is 0.0708 e. The van der Waals surface area contributed by atoms with Crippen LogP contribution in [0.3, 0.4) is 0 Å². The van der Waals surface area contributed by atoms with Gasteiger partial charge < -0.3 is 5.32 Å². The summed E-state index contributed by atoms with van der Waals surface area (Å²) in [6.07, 6.45) is 0. The van der Waals surface area contributed by atoms with E-state index < -0.39 is 0 Å². The van der Waals surface area contributed by atoms with Gasteiger partial charge in [-0.25, -0.2) is 0 Å². The Hall–Kier alpha value is -1.90. The molecular formula is C18H17ClN2. The Kier molecular flexibility index (Phi) is 4.18. The summed E-state index contributed by atoms with van der Waals surface area (Å²) in [6, 6.07) is 18.3. The predicted octanol–water partition coefficient (Wildman–Crippen LogP) is 4.49. The van der Waals surface area contributed by atoms with Crippen LogP contribution in [0, 0.1) is 6.92 Å². The van der Waals surface area contributed by atoms with Gasteiger partial charge in [0.25, 0.3) is 0 Å². The van der Waals surface area contributed by atoms with Gasteiger partial charge in [-0.05, 0) is 36.2 Å². The fraction of sp³-hybridized carbons (Fsp3) is 0.167. The van der Waals surface area contributed by atoms with Gasteiger partial charge in [0.2, 0.25) is 0 Å². The lowest BCUT2D eigenvalue weighted by molar-refractivity contribution is 0.696. The monoisotopic (exact) mass is 296 g/mol. The van der Waals surface area contributed by atoms with E-state index >= 15 is 0 Å². The number of aryl methyl sites for hydroxylation is 1. The number of rotatable bonds is 4. The molecule has 1 heterocycles. The minimum Gasteiger partial charge on any atom is -0.309 e. The van der Waals surface area contributed by atoms with Crippen molar-refractivity contribution in [1.82, 2.24) is 10.3 Å². The number of nitrogens with one attached hydrogen (secondary N) is 1. The topological polar surface area (TPSA) is 24.9 Å². The van der Waals surface area contributed by atoms with E-state index in [9.17, 15) is 0 Å². The molecule has 0 saturated carbocycles. The Bertz CT molecular complexity index is 768. The molecule has 0 saturated heterocycles. The third-order valence-electron chi connectivity index (χ3n) is 3.52. The molecule has 3 heteroatoms. The number of aromatic nitrogens is 1. The quantitative estimate of drug-likeness (QED) is 0.767. The molecule has 0 aliphatic carbocycles. The van der Waals surface area contributed by atoms with Gasteiger partial charge in [0, 0.05) is 29.2 Å².